The molecule has 0 aromatic carbocycles. The molecule has 1 fully saturated rings. The minimum atomic E-state index is -3.23. The first kappa shape index (κ1) is 15.1. The summed E-state index contributed by atoms with van der Waals surface area (Å²) in [5.41, 5.74) is 0.826. The summed E-state index contributed by atoms with van der Waals surface area (Å²) in [7, 11) is -3.23. The molecule has 0 bridgehead atoms. The molecule has 1 aliphatic heterocycles. The van der Waals surface area contributed by atoms with Gasteiger partial charge in [0.2, 0.25) is 10.0 Å². The number of anilines is 1. The van der Waals surface area contributed by atoms with Crippen LogP contribution in [0.4, 0.5) is 5.82 Å². The van der Waals surface area contributed by atoms with Crippen molar-refractivity contribution in [1.29, 1.82) is 0 Å². The summed E-state index contributed by atoms with van der Waals surface area (Å²) in [4.78, 5) is 10.8. The van der Waals surface area contributed by atoms with E-state index in [-0.39, 0.29) is 12.3 Å². The van der Waals surface area contributed by atoms with E-state index in [2.05, 4.69) is 19.6 Å². The summed E-state index contributed by atoms with van der Waals surface area (Å²) in [5, 5.41) is 0. The summed E-state index contributed by atoms with van der Waals surface area (Å²) in [6, 6.07) is 1.91. The molecule has 1 aromatic rings. The van der Waals surface area contributed by atoms with Crippen molar-refractivity contribution in [3.63, 3.8) is 0 Å². The Labute approximate surface area is 119 Å². The fourth-order valence-corrected chi connectivity index (χ4v) is 2.48. The molecule has 2 heterocycles. The zero-order chi connectivity index (χ0) is 14.6. The average Bonchev–Trinajstić information content (AvgIpc) is 2.46. The molecule has 0 unspecified atom stereocenters. The highest BCUT2D eigenvalue weighted by molar-refractivity contribution is 7.89. The summed E-state index contributed by atoms with van der Waals surface area (Å²) < 4.78 is 30.7. The topological polar surface area (TPSA) is 84.4 Å². The van der Waals surface area contributed by atoms with E-state index >= 15 is 0 Å². The molecule has 7 nitrogen and oxygen atoms in total. The Morgan fingerprint density at radius 1 is 1.35 bits per heavy atom. The third-order valence-corrected chi connectivity index (χ3v) is 4.40. The smallest absolute Gasteiger partial charge is 0.211 e. The lowest BCUT2D eigenvalue weighted by Gasteiger charge is -2.28. The van der Waals surface area contributed by atoms with E-state index in [1.54, 1.807) is 6.92 Å². The molecular formula is C12H20N4O3S. The minimum Gasteiger partial charge on any atom is -0.378 e. The van der Waals surface area contributed by atoms with Crippen molar-refractivity contribution in [2.75, 3.05) is 37.0 Å². The van der Waals surface area contributed by atoms with Gasteiger partial charge in [-0.3, -0.25) is 0 Å². The zero-order valence-electron chi connectivity index (χ0n) is 11.8. The number of hydrogen-bond donors (Lipinski definition) is 1. The van der Waals surface area contributed by atoms with Crippen LogP contribution in [-0.2, 0) is 21.3 Å². The van der Waals surface area contributed by atoms with Gasteiger partial charge in [0.15, 0.2) is 0 Å². The van der Waals surface area contributed by atoms with Crippen LogP contribution >= 0.6 is 0 Å². The molecule has 2 rings (SSSR count). The van der Waals surface area contributed by atoms with Gasteiger partial charge in [-0.25, -0.2) is 23.1 Å². The normalized spacial score (nSPS) is 16.4. The average molecular weight is 300 g/mol. The monoisotopic (exact) mass is 300 g/mol. The van der Waals surface area contributed by atoms with Crippen molar-refractivity contribution in [1.82, 2.24) is 14.7 Å². The van der Waals surface area contributed by atoms with E-state index in [4.69, 9.17) is 4.74 Å². The number of sulfonamides is 1. The SMILES string of the molecule is CCS(=O)(=O)NCc1nc(C)cc(N2CCOCC2)n1. The number of nitrogens with one attached hydrogen (secondary N) is 1. The first-order valence-corrected chi connectivity index (χ1v) is 8.30. The lowest BCUT2D eigenvalue weighted by Crippen LogP contribution is -2.37. The molecule has 0 atom stereocenters. The van der Waals surface area contributed by atoms with Gasteiger partial charge in [-0.2, -0.15) is 0 Å². The molecule has 0 amide bonds. The van der Waals surface area contributed by atoms with E-state index in [1.165, 1.54) is 0 Å². The molecule has 0 saturated carbocycles. The van der Waals surface area contributed by atoms with Crippen LogP contribution in [0, 0.1) is 6.92 Å². The van der Waals surface area contributed by atoms with E-state index in [9.17, 15) is 8.42 Å². The Bertz CT molecular complexity index is 556. The molecule has 112 valence electrons. The number of hydrogen-bond acceptors (Lipinski definition) is 6. The molecule has 1 aromatic heterocycles. The van der Waals surface area contributed by atoms with Gasteiger partial charge in [-0.1, -0.05) is 0 Å². The maximum atomic E-state index is 11.5. The van der Waals surface area contributed by atoms with Crippen LogP contribution in [0.2, 0.25) is 0 Å². The summed E-state index contributed by atoms with van der Waals surface area (Å²) >= 11 is 0. The second-order valence-electron chi connectivity index (χ2n) is 4.61. The van der Waals surface area contributed by atoms with Gasteiger partial charge < -0.3 is 9.64 Å². The van der Waals surface area contributed by atoms with Crippen molar-refractivity contribution >= 4 is 15.8 Å². The van der Waals surface area contributed by atoms with Crippen molar-refractivity contribution in [2.45, 2.75) is 20.4 Å². The molecular weight excluding hydrogens is 280 g/mol. The van der Waals surface area contributed by atoms with Gasteiger partial charge in [0.1, 0.15) is 11.6 Å². The Hall–Kier alpha value is -1.25. The molecule has 20 heavy (non-hydrogen) atoms. The van der Waals surface area contributed by atoms with Gasteiger partial charge in [-0.05, 0) is 13.8 Å². The third-order valence-electron chi connectivity index (χ3n) is 3.05. The van der Waals surface area contributed by atoms with Crippen LogP contribution < -0.4 is 9.62 Å². The first-order chi connectivity index (χ1) is 9.50. The lowest BCUT2D eigenvalue weighted by atomic mass is 10.3. The Morgan fingerprint density at radius 3 is 2.70 bits per heavy atom. The number of aromatic nitrogens is 2. The molecule has 1 N–H and O–H groups in total. The molecule has 0 aliphatic carbocycles. The fourth-order valence-electron chi connectivity index (χ4n) is 1.92. The quantitative estimate of drug-likeness (QED) is 0.828. The third kappa shape index (κ3) is 4.12. The van der Waals surface area contributed by atoms with Gasteiger partial charge >= 0.3 is 0 Å². The largest absolute Gasteiger partial charge is 0.378 e. The van der Waals surface area contributed by atoms with Crippen molar-refractivity contribution in [2.24, 2.45) is 0 Å². The van der Waals surface area contributed by atoms with Crippen LogP contribution in [-0.4, -0.2) is 50.4 Å². The Balaban J connectivity index is 2.11. The summed E-state index contributed by atoms with van der Waals surface area (Å²) in [6.45, 7) is 6.53. The van der Waals surface area contributed by atoms with E-state index in [0.29, 0.717) is 19.0 Å². The standard InChI is InChI=1S/C12H20N4O3S/c1-3-20(17,18)13-9-11-14-10(2)8-12(15-11)16-4-6-19-7-5-16/h8,13H,3-7,9H2,1-2H3. The van der Waals surface area contributed by atoms with Crippen molar-refractivity contribution in [3.05, 3.63) is 17.6 Å². The number of nitrogens with zero attached hydrogens (tertiary/aromatic N) is 3. The van der Waals surface area contributed by atoms with Gasteiger partial charge in [-0.15, -0.1) is 0 Å². The van der Waals surface area contributed by atoms with E-state index in [1.807, 2.05) is 13.0 Å². The van der Waals surface area contributed by atoms with E-state index < -0.39 is 10.0 Å². The Kier molecular flexibility index (Phi) is 4.90. The van der Waals surface area contributed by atoms with Crippen molar-refractivity contribution < 1.29 is 13.2 Å². The first-order valence-electron chi connectivity index (χ1n) is 6.65. The molecule has 0 spiro atoms. The summed E-state index contributed by atoms with van der Waals surface area (Å²) in [5.74, 6) is 1.37. The summed E-state index contributed by atoms with van der Waals surface area (Å²) in [6.07, 6.45) is 0. The lowest BCUT2D eigenvalue weighted by molar-refractivity contribution is 0.122. The maximum Gasteiger partial charge on any atom is 0.211 e. The number of aryl methyl sites for hydroxylation is 1. The predicted octanol–water partition coefficient (Wildman–Crippen LogP) is 0.0609. The van der Waals surface area contributed by atoms with Crippen LogP contribution in [0.1, 0.15) is 18.4 Å². The fraction of sp³-hybridized carbons (Fsp3) is 0.667. The van der Waals surface area contributed by atoms with Crippen LogP contribution in [0.15, 0.2) is 6.07 Å². The highest BCUT2D eigenvalue weighted by atomic mass is 32.2. The second-order valence-corrected chi connectivity index (χ2v) is 6.70. The maximum absolute atomic E-state index is 11.5. The molecule has 0 radical (unpaired) electrons. The predicted molar refractivity (Wildman–Crippen MR) is 76.1 cm³/mol. The number of ether oxygens (including phenoxy) is 1. The van der Waals surface area contributed by atoms with E-state index in [0.717, 1.165) is 24.6 Å². The second kappa shape index (κ2) is 6.47. The number of rotatable bonds is 5. The van der Waals surface area contributed by atoms with Gasteiger partial charge in [0, 0.05) is 24.8 Å². The van der Waals surface area contributed by atoms with Crippen LogP contribution in [0.5, 0.6) is 0 Å². The highest BCUT2D eigenvalue weighted by Crippen LogP contribution is 2.14. The highest BCUT2D eigenvalue weighted by Gasteiger charge is 2.15. The van der Waals surface area contributed by atoms with Crippen molar-refractivity contribution in [3.8, 4) is 0 Å². The zero-order valence-corrected chi connectivity index (χ0v) is 12.6. The molecule has 8 heteroatoms. The van der Waals surface area contributed by atoms with Gasteiger partial charge in [0.25, 0.3) is 0 Å². The van der Waals surface area contributed by atoms with Crippen LogP contribution in [0.25, 0.3) is 0 Å². The molecule has 1 saturated heterocycles. The van der Waals surface area contributed by atoms with Gasteiger partial charge in [0.05, 0.1) is 25.5 Å². The van der Waals surface area contributed by atoms with Crippen LogP contribution in [0.3, 0.4) is 0 Å². The minimum absolute atomic E-state index is 0.0507. The number of morpholine rings is 1. The molecule has 1 aliphatic rings. The Morgan fingerprint density at radius 2 is 2.05 bits per heavy atom.